The molecule has 1 aromatic rings. The van der Waals surface area contributed by atoms with Crippen molar-refractivity contribution in [1.82, 2.24) is 9.97 Å². The van der Waals surface area contributed by atoms with Crippen LogP contribution in [0.5, 0.6) is 0 Å². The van der Waals surface area contributed by atoms with Gasteiger partial charge in [0.2, 0.25) is 5.95 Å². The Kier molecular flexibility index (Phi) is 4.97. The van der Waals surface area contributed by atoms with Gasteiger partial charge in [0.1, 0.15) is 0 Å². The van der Waals surface area contributed by atoms with Gasteiger partial charge in [-0.05, 0) is 20.8 Å². The van der Waals surface area contributed by atoms with Gasteiger partial charge in [-0.1, -0.05) is 0 Å². The summed E-state index contributed by atoms with van der Waals surface area (Å²) in [5.74, 6) is 0.506. The average molecular weight is 277 g/mol. The molecular weight excluding hydrogens is 261 g/mol. The fraction of sp³-hybridized carbons (Fsp3) is 0.556. The molecule has 0 saturated carbocycles. The third-order valence-electron chi connectivity index (χ3n) is 2.08. The molecule has 0 radical (unpaired) electrons. The van der Waals surface area contributed by atoms with Crippen molar-refractivity contribution in [2.24, 2.45) is 0 Å². The van der Waals surface area contributed by atoms with Crippen molar-refractivity contribution >= 4 is 23.6 Å². The maximum Gasteiger partial charge on any atom is 0.327 e. The van der Waals surface area contributed by atoms with Crippen LogP contribution in [0.25, 0.3) is 0 Å². The quantitative estimate of drug-likeness (QED) is 0.460. The van der Waals surface area contributed by atoms with E-state index < -0.39 is 6.72 Å². The average Bonchev–Trinajstić information content (AvgIpc) is 2.15. The van der Waals surface area contributed by atoms with Crippen LogP contribution in [0.2, 0.25) is 0 Å². The summed E-state index contributed by atoms with van der Waals surface area (Å²) in [5.41, 5.74) is 0.692. The molecule has 0 aliphatic rings. The molecule has 17 heavy (non-hydrogen) atoms. The van der Waals surface area contributed by atoms with E-state index in [1.807, 2.05) is 18.7 Å². The molecular formula is C9H16N3O3PS. The maximum absolute atomic E-state index is 10.9. The van der Waals surface area contributed by atoms with Gasteiger partial charge in [-0.2, -0.15) is 4.98 Å². The second kappa shape index (κ2) is 5.84. The molecule has 0 aromatic carbocycles. The number of rotatable bonds is 4. The number of hydrogen-bond acceptors (Lipinski definition) is 4. The van der Waals surface area contributed by atoms with Crippen LogP contribution >= 0.6 is 6.72 Å². The van der Waals surface area contributed by atoms with E-state index >= 15 is 0 Å². The van der Waals surface area contributed by atoms with Crippen molar-refractivity contribution in [3.05, 3.63) is 11.8 Å². The van der Waals surface area contributed by atoms with Crippen molar-refractivity contribution in [2.75, 3.05) is 18.0 Å². The van der Waals surface area contributed by atoms with Crippen molar-refractivity contribution in [3.63, 3.8) is 0 Å². The molecule has 0 unspecified atom stereocenters. The van der Waals surface area contributed by atoms with Gasteiger partial charge >= 0.3 is 11.7 Å². The zero-order valence-corrected chi connectivity index (χ0v) is 11.7. The van der Waals surface area contributed by atoms with Gasteiger partial charge in [0, 0.05) is 24.8 Å². The lowest BCUT2D eigenvalue weighted by atomic mass is 10.4. The lowest BCUT2D eigenvalue weighted by molar-refractivity contribution is -0.196. The summed E-state index contributed by atoms with van der Waals surface area (Å²) in [6.45, 7) is 3.06. The Morgan fingerprint density at radius 1 is 1.35 bits per heavy atom. The topological polar surface area (TPSA) is 92.5 Å². The third kappa shape index (κ3) is 4.65. The summed E-state index contributed by atoms with van der Waals surface area (Å²) in [6.07, 6.45) is 0. The Balaban J connectivity index is 3.19. The van der Waals surface area contributed by atoms with Gasteiger partial charge in [0.15, 0.2) is 0 Å². The molecule has 0 bridgehead atoms. The molecule has 6 nitrogen and oxygen atoms in total. The Labute approximate surface area is 104 Å². The molecule has 2 N–H and O–H groups in total. The predicted octanol–water partition coefficient (Wildman–Crippen LogP) is 0.0952. The van der Waals surface area contributed by atoms with Crippen LogP contribution < -0.4 is 9.79 Å². The fourth-order valence-corrected chi connectivity index (χ4v) is 2.94. The highest BCUT2D eigenvalue weighted by Crippen LogP contribution is 2.28. The highest BCUT2D eigenvalue weighted by Gasteiger charge is 2.17. The standard InChI is InChI=1S/C9H16N3O3PS/c1-4-12(5-2)9-10-7(3)6-8(11-9)17-16(13,14)15/h6H,4-5H2,1-3H3,(H2-,13,14,15). The molecule has 8 heteroatoms. The van der Waals surface area contributed by atoms with E-state index in [0.29, 0.717) is 27.6 Å². The van der Waals surface area contributed by atoms with Crippen molar-refractivity contribution < 1.29 is 14.7 Å². The second-order valence-electron chi connectivity index (χ2n) is 3.40. The van der Waals surface area contributed by atoms with Crippen LogP contribution in [0, 0.1) is 6.92 Å². The molecule has 0 atom stereocenters. The predicted molar refractivity (Wildman–Crippen MR) is 67.3 cm³/mol. The van der Waals surface area contributed by atoms with Crippen LogP contribution in [0.4, 0.5) is 5.95 Å². The third-order valence-corrected chi connectivity index (χ3v) is 3.99. The molecule has 0 spiro atoms. The largest absolute Gasteiger partial charge is 0.741 e. The Morgan fingerprint density at radius 2 is 1.94 bits per heavy atom. The minimum atomic E-state index is -4.17. The van der Waals surface area contributed by atoms with Crippen LogP contribution in [0.3, 0.4) is 0 Å². The van der Waals surface area contributed by atoms with E-state index in [2.05, 4.69) is 9.97 Å². The minimum Gasteiger partial charge on any atom is -0.741 e. The van der Waals surface area contributed by atoms with Gasteiger partial charge in [-0.25, -0.2) is 4.98 Å². The molecule has 1 heterocycles. The van der Waals surface area contributed by atoms with E-state index in [1.54, 1.807) is 13.0 Å². The number of hydrogen-bond donors (Lipinski definition) is 2. The summed E-state index contributed by atoms with van der Waals surface area (Å²) < 4.78 is 0. The maximum atomic E-state index is 10.9. The van der Waals surface area contributed by atoms with Crippen molar-refractivity contribution in [3.8, 4) is 0 Å². The summed E-state index contributed by atoms with van der Waals surface area (Å²) in [5, 5.41) is 0.299. The first-order valence-electron chi connectivity index (χ1n) is 5.21. The Morgan fingerprint density at radius 3 is 2.41 bits per heavy atom. The zero-order valence-electron chi connectivity index (χ0n) is 9.99. The van der Waals surface area contributed by atoms with E-state index in [0.717, 1.165) is 13.1 Å². The van der Waals surface area contributed by atoms with E-state index in [1.165, 1.54) is 0 Å². The summed E-state index contributed by atoms with van der Waals surface area (Å²) in [7, 11) is 0.456. The number of anilines is 1. The first-order chi connectivity index (χ1) is 7.85. The second-order valence-corrected chi connectivity index (χ2v) is 6.96. The fourth-order valence-electron chi connectivity index (χ4n) is 1.34. The molecule has 0 aliphatic carbocycles. The van der Waals surface area contributed by atoms with E-state index in [9.17, 15) is 4.89 Å². The molecule has 1 aromatic heterocycles. The number of aromatic nitrogens is 2. The van der Waals surface area contributed by atoms with Gasteiger partial charge in [0.05, 0.1) is 0 Å². The van der Waals surface area contributed by atoms with Crippen LogP contribution in [0.15, 0.2) is 11.1 Å². The van der Waals surface area contributed by atoms with Crippen LogP contribution in [-0.4, -0.2) is 32.8 Å². The Bertz CT molecular complexity index is 437. The molecule has 0 saturated heterocycles. The minimum absolute atomic E-state index is 0.299. The number of aryl methyl sites for hydroxylation is 1. The monoisotopic (exact) mass is 277 g/mol. The first kappa shape index (κ1) is 14.5. The van der Waals surface area contributed by atoms with Crippen molar-refractivity contribution in [1.29, 1.82) is 0 Å². The van der Waals surface area contributed by atoms with Gasteiger partial charge in [0.25, 0.3) is 10.9 Å². The molecule has 96 valence electrons. The van der Waals surface area contributed by atoms with E-state index in [4.69, 9.17) is 9.79 Å². The lowest BCUT2D eigenvalue weighted by Crippen LogP contribution is -2.24. The zero-order chi connectivity index (χ0) is 13.1. The smallest absolute Gasteiger partial charge is 0.327 e. The van der Waals surface area contributed by atoms with Gasteiger partial charge in [-0.3, -0.25) is 0 Å². The van der Waals surface area contributed by atoms with Crippen LogP contribution in [0.1, 0.15) is 19.5 Å². The normalized spacial score (nSPS) is 11.4. The lowest BCUT2D eigenvalue weighted by Gasteiger charge is -2.17. The molecule has 0 fully saturated rings. The van der Waals surface area contributed by atoms with E-state index in [-0.39, 0.29) is 0 Å². The molecule has 1 rings (SSSR count). The summed E-state index contributed by atoms with van der Waals surface area (Å²) in [6, 6.07) is 1.57. The molecule has 0 aliphatic heterocycles. The molecule has 0 amide bonds. The van der Waals surface area contributed by atoms with Gasteiger partial charge in [-0.15, -0.1) is 0 Å². The highest BCUT2D eigenvalue weighted by molar-refractivity contribution is 8.15. The SMILES string of the molecule is CCN(CC)c1nc(C)cc([S+]=P([O-])(O)O)n1. The highest BCUT2D eigenvalue weighted by atomic mass is 32.5. The number of nitrogens with zero attached hydrogens (tertiary/aromatic N) is 3. The Hall–Kier alpha value is -0.590. The van der Waals surface area contributed by atoms with Crippen LogP contribution in [-0.2, 0) is 10.9 Å². The summed E-state index contributed by atoms with van der Waals surface area (Å²) >= 11 is 0. The van der Waals surface area contributed by atoms with Crippen molar-refractivity contribution in [2.45, 2.75) is 25.8 Å². The summed E-state index contributed by atoms with van der Waals surface area (Å²) in [4.78, 5) is 39.1. The first-order valence-corrected chi connectivity index (χ1v) is 8.25. The van der Waals surface area contributed by atoms with Gasteiger partial charge < -0.3 is 19.6 Å².